The van der Waals surface area contributed by atoms with Crippen molar-refractivity contribution in [1.29, 1.82) is 0 Å². The number of hydrogen-bond acceptors (Lipinski definition) is 5. The highest BCUT2D eigenvalue weighted by Gasteiger charge is 2.21. The van der Waals surface area contributed by atoms with E-state index in [1.165, 1.54) is 0 Å². The monoisotopic (exact) mass is 360 g/mol. The van der Waals surface area contributed by atoms with Crippen molar-refractivity contribution in [2.75, 3.05) is 19.0 Å². The van der Waals surface area contributed by atoms with Crippen LogP contribution in [0.15, 0.2) is 28.8 Å². The van der Waals surface area contributed by atoms with E-state index in [1.54, 1.807) is 31.4 Å². The number of rotatable bonds is 7. The minimum Gasteiger partial charge on any atom is -0.493 e. The number of carbonyl (C=O) groups excluding carboxylic acids is 1. The second-order valence-electron chi connectivity index (χ2n) is 7.68. The molecule has 0 radical (unpaired) electrons. The van der Waals surface area contributed by atoms with Gasteiger partial charge in [-0.15, -0.1) is 0 Å². The highest BCUT2D eigenvalue weighted by molar-refractivity contribution is 6.04. The van der Waals surface area contributed by atoms with E-state index in [0.29, 0.717) is 41.2 Å². The normalized spacial score (nSPS) is 11.5. The van der Waals surface area contributed by atoms with Crippen molar-refractivity contribution in [2.24, 2.45) is 5.92 Å². The Morgan fingerprint density at radius 2 is 1.96 bits per heavy atom. The quantitative estimate of drug-likeness (QED) is 0.777. The average molecular weight is 360 g/mol. The Balaban J connectivity index is 2.08. The van der Waals surface area contributed by atoms with Gasteiger partial charge in [0.2, 0.25) is 0 Å². The maximum Gasteiger partial charge on any atom is 0.257 e. The summed E-state index contributed by atoms with van der Waals surface area (Å²) in [5.41, 5.74) is 0.284. The van der Waals surface area contributed by atoms with E-state index in [2.05, 4.69) is 24.3 Å². The molecular weight excluding hydrogens is 332 g/mol. The van der Waals surface area contributed by atoms with Crippen molar-refractivity contribution in [2.45, 2.75) is 46.5 Å². The molecule has 1 aromatic heterocycles. The molecule has 0 atom stereocenters. The van der Waals surface area contributed by atoms with Crippen molar-refractivity contribution in [3.63, 3.8) is 0 Å². The Kier molecular flexibility index (Phi) is 6.29. The number of benzene rings is 1. The van der Waals surface area contributed by atoms with Crippen molar-refractivity contribution in [3.05, 3.63) is 35.6 Å². The fourth-order valence-corrected chi connectivity index (χ4v) is 2.21. The summed E-state index contributed by atoms with van der Waals surface area (Å²) in [6.45, 7) is 10.9. The zero-order valence-electron chi connectivity index (χ0n) is 16.4. The fourth-order valence-electron chi connectivity index (χ4n) is 2.21. The first-order chi connectivity index (χ1) is 12.2. The molecule has 1 amide bonds. The van der Waals surface area contributed by atoms with E-state index in [1.807, 2.05) is 20.8 Å². The maximum absolute atomic E-state index is 12.5. The molecule has 0 fully saturated rings. The standard InChI is InChI=1S/C20H28N2O4/c1-13(2)9-10-25-15-8-7-14(11-16(15)24-6)19(23)21-18-12-17(26-22-18)20(3,4)5/h7-8,11-13H,9-10H2,1-6H3,(H,21,22,23). The van der Waals surface area contributed by atoms with Gasteiger partial charge in [-0.2, -0.15) is 0 Å². The van der Waals surface area contributed by atoms with Crippen LogP contribution in [0.3, 0.4) is 0 Å². The maximum atomic E-state index is 12.5. The van der Waals surface area contributed by atoms with Crippen LogP contribution in [-0.2, 0) is 5.41 Å². The SMILES string of the molecule is COc1cc(C(=O)Nc2cc(C(C)(C)C)on2)ccc1OCCC(C)C. The van der Waals surface area contributed by atoms with Gasteiger partial charge < -0.3 is 19.3 Å². The summed E-state index contributed by atoms with van der Waals surface area (Å²) in [7, 11) is 1.56. The molecule has 1 heterocycles. The summed E-state index contributed by atoms with van der Waals surface area (Å²) in [4.78, 5) is 12.5. The van der Waals surface area contributed by atoms with Crippen LogP contribution in [0.2, 0.25) is 0 Å². The molecule has 0 aliphatic carbocycles. The first kappa shape index (κ1) is 19.8. The molecule has 0 spiro atoms. The molecule has 0 bridgehead atoms. The smallest absolute Gasteiger partial charge is 0.257 e. The summed E-state index contributed by atoms with van der Waals surface area (Å²) in [5.74, 6) is 2.52. The van der Waals surface area contributed by atoms with Gasteiger partial charge in [0.25, 0.3) is 5.91 Å². The van der Waals surface area contributed by atoms with Gasteiger partial charge in [0, 0.05) is 17.0 Å². The summed E-state index contributed by atoms with van der Waals surface area (Å²) in [6, 6.07) is 6.84. The second kappa shape index (κ2) is 8.25. The summed E-state index contributed by atoms with van der Waals surface area (Å²) < 4.78 is 16.4. The zero-order chi connectivity index (χ0) is 19.3. The minimum absolute atomic E-state index is 0.172. The van der Waals surface area contributed by atoms with Crippen molar-refractivity contribution in [3.8, 4) is 11.5 Å². The summed E-state index contributed by atoms with van der Waals surface area (Å²) in [6.07, 6.45) is 0.952. The average Bonchev–Trinajstić information content (AvgIpc) is 3.03. The van der Waals surface area contributed by atoms with Gasteiger partial charge in [-0.05, 0) is 30.5 Å². The molecule has 0 saturated carbocycles. The number of amides is 1. The third-order valence-electron chi connectivity index (χ3n) is 3.87. The first-order valence-corrected chi connectivity index (χ1v) is 8.80. The number of carbonyl (C=O) groups is 1. The van der Waals surface area contributed by atoms with Crippen LogP contribution in [0, 0.1) is 5.92 Å². The van der Waals surface area contributed by atoms with Crippen LogP contribution in [0.5, 0.6) is 11.5 Å². The Morgan fingerprint density at radius 1 is 1.23 bits per heavy atom. The topological polar surface area (TPSA) is 73.6 Å². The molecule has 0 saturated heterocycles. The van der Waals surface area contributed by atoms with Gasteiger partial charge >= 0.3 is 0 Å². The Bertz CT molecular complexity index is 745. The molecule has 26 heavy (non-hydrogen) atoms. The lowest BCUT2D eigenvalue weighted by atomic mass is 9.93. The highest BCUT2D eigenvalue weighted by atomic mass is 16.5. The zero-order valence-corrected chi connectivity index (χ0v) is 16.4. The molecule has 0 unspecified atom stereocenters. The van der Waals surface area contributed by atoms with E-state index in [-0.39, 0.29) is 11.3 Å². The molecule has 1 aromatic carbocycles. The van der Waals surface area contributed by atoms with Crippen molar-refractivity contribution < 1.29 is 18.8 Å². The van der Waals surface area contributed by atoms with Crippen molar-refractivity contribution >= 4 is 11.7 Å². The van der Waals surface area contributed by atoms with Crippen LogP contribution in [-0.4, -0.2) is 24.8 Å². The molecule has 1 N–H and O–H groups in total. The third-order valence-corrected chi connectivity index (χ3v) is 3.87. The molecule has 6 nitrogen and oxygen atoms in total. The third kappa shape index (κ3) is 5.25. The van der Waals surface area contributed by atoms with Gasteiger partial charge in [-0.25, -0.2) is 0 Å². The van der Waals surface area contributed by atoms with Crippen LogP contribution < -0.4 is 14.8 Å². The Hall–Kier alpha value is -2.50. The molecule has 2 rings (SSSR count). The van der Waals surface area contributed by atoms with E-state index in [4.69, 9.17) is 14.0 Å². The molecule has 0 aliphatic heterocycles. The number of aromatic nitrogens is 1. The predicted molar refractivity (Wildman–Crippen MR) is 101 cm³/mol. The summed E-state index contributed by atoms with van der Waals surface area (Å²) >= 11 is 0. The lowest BCUT2D eigenvalue weighted by Gasteiger charge is -2.13. The molecule has 6 heteroatoms. The van der Waals surface area contributed by atoms with E-state index in [9.17, 15) is 4.79 Å². The van der Waals surface area contributed by atoms with Gasteiger partial charge in [0.15, 0.2) is 17.3 Å². The molecule has 2 aromatic rings. The number of nitrogens with zero attached hydrogens (tertiary/aromatic N) is 1. The van der Waals surface area contributed by atoms with Crippen molar-refractivity contribution in [1.82, 2.24) is 5.16 Å². The number of anilines is 1. The lowest BCUT2D eigenvalue weighted by Crippen LogP contribution is -2.13. The largest absolute Gasteiger partial charge is 0.493 e. The van der Waals surface area contributed by atoms with Gasteiger partial charge in [-0.3, -0.25) is 4.79 Å². The number of nitrogens with one attached hydrogen (secondary N) is 1. The highest BCUT2D eigenvalue weighted by Crippen LogP contribution is 2.29. The van der Waals surface area contributed by atoms with Crippen LogP contribution >= 0.6 is 0 Å². The van der Waals surface area contributed by atoms with Crippen LogP contribution in [0.1, 0.15) is 57.2 Å². The van der Waals surface area contributed by atoms with Gasteiger partial charge in [-0.1, -0.05) is 39.8 Å². The van der Waals surface area contributed by atoms with E-state index < -0.39 is 0 Å². The van der Waals surface area contributed by atoms with Gasteiger partial charge in [0.05, 0.1) is 13.7 Å². The fraction of sp³-hybridized carbons (Fsp3) is 0.500. The summed E-state index contributed by atoms with van der Waals surface area (Å²) in [5, 5.41) is 6.64. The predicted octanol–water partition coefficient (Wildman–Crippen LogP) is 4.66. The Labute approximate surface area is 154 Å². The van der Waals surface area contributed by atoms with E-state index in [0.717, 1.165) is 6.42 Å². The number of methoxy groups -OCH3 is 1. The second-order valence-corrected chi connectivity index (χ2v) is 7.68. The number of ether oxygens (including phenoxy) is 2. The Morgan fingerprint density at radius 3 is 2.54 bits per heavy atom. The first-order valence-electron chi connectivity index (χ1n) is 8.80. The molecule has 0 aliphatic rings. The van der Waals surface area contributed by atoms with E-state index >= 15 is 0 Å². The molecule has 142 valence electrons. The lowest BCUT2D eigenvalue weighted by molar-refractivity contribution is 0.102. The minimum atomic E-state index is -0.286. The number of hydrogen-bond donors (Lipinski definition) is 1. The van der Waals surface area contributed by atoms with Crippen LogP contribution in [0.4, 0.5) is 5.82 Å². The molecular formula is C20H28N2O4. The van der Waals surface area contributed by atoms with Gasteiger partial charge in [0.1, 0.15) is 5.76 Å². The van der Waals surface area contributed by atoms with Crippen LogP contribution in [0.25, 0.3) is 0 Å².